The molecule has 0 atom stereocenters. The van der Waals surface area contributed by atoms with Crippen molar-refractivity contribution < 1.29 is 23.8 Å². The Kier molecular flexibility index (Phi) is 5.21. The van der Waals surface area contributed by atoms with E-state index in [1.807, 2.05) is 0 Å². The number of para-hydroxylation sites is 1. The highest BCUT2D eigenvalue weighted by Crippen LogP contribution is 2.33. The molecule has 0 fully saturated rings. The highest BCUT2D eigenvalue weighted by atomic mass is 16.6. The number of esters is 1. The number of anilines is 1. The number of ether oxygens (including phenoxy) is 3. The zero-order valence-electron chi connectivity index (χ0n) is 15.1. The lowest BCUT2D eigenvalue weighted by molar-refractivity contribution is -0.129. The van der Waals surface area contributed by atoms with Crippen molar-refractivity contribution in [1.29, 1.82) is 0 Å². The van der Waals surface area contributed by atoms with Crippen LogP contribution in [-0.4, -0.2) is 32.0 Å². The Balaban J connectivity index is 1.90. The topological polar surface area (TPSA) is 86.2 Å². The zero-order valence-corrected chi connectivity index (χ0v) is 15.1. The SMILES string of the molecule is COc1cccc(C=C2N=C(c3ccc(NC(C)=O)cc3)OC2=O)c1OC. The third-order valence-electron chi connectivity index (χ3n) is 3.80. The molecule has 0 unspecified atom stereocenters. The van der Waals surface area contributed by atoms with E-state index in [4.69, 9.17) is 14.2 Å². The number of rotatable bonds is 5. The first-order valence-electron chi connectivity index (χ1n) is 8.13. The molecule has 0 aromatic heterocycles. The number of hydrogen-bond acceptors (Lipinski definition) is 6. The van der Waals surface area contributed by atoms with Crippen LogP contribution in [0.3, 0.4) is 0 Å². The smallest absolute Gasteiger partial charge is 0.363 e. The third-order valence-corrected chi connectivity index (χ3v) is 3.80. The predicted octanol–water partition coefficient (Wildman–Crippen LogP) is 3.01. The Morgan fingerprint density at radius 3 is 2.48 bits per heavy atom. The van der Waals surface area contributed by atoms with Gasteiger partial charge in [0.1, 0.15) is 0 Å². The van der Waals surface area contributed by atoms with E-state index in [1.54, 1.807) is 55.7 Å². The summed E-state index contributed by atoms with van der Waals surface area (Å²) in [7, 11) is 3.07. The van der Waals surface area contributed by atoms with Crippen molar-refractivity contribution in [2.45, 2.75) is 6.92 Å². The molecular formula is C20H18N2O5. The minimum Gasteiger partial charge on any atom is -0.493 e. The van der Waals surface area contributed by atoms with Gasteiger partial charge in [0.05, 0.1) is 14.2 Å². The van der Waals surface area contributed by atoms with E-state index in [9.17, 15) is 9.59 Å². The molecule has 1 heterocycles. The van der Waals surface area contributed by atoms with E-state index in [-0.39, 0.29) is 17.5 Å². The van der Waals surface area contributed by atoms with Crippen LogP contribution in [0.25, 0.3) is 6.08 Å². The van der Waals surface area contributed by atoms with Gasteiger partial charge >= 0.3 is 5.97 Å². The Morgan fingerprint density at radius 2 is 1.85 bits per heavy atom. The maximum atomic E-state index is 12.2. The monoisotopic (exact) mass is 366 g/mol. The second-order valence-electron chi connectivity index (χ2n) is 5.68. The van der Waals surface area contributed by atoms with Gasteiger partial charge in [-0.05, 0) is 36.4 Å². The average Bonchev–Trinajstić information content (AvgIpc) is 3.02. The van der Waals surface area contributed by atoms with Crippen LogP contribution in [0, 0.1) is 0 Å². The molecule has 1 aliphatic heterocycles. The van der Waals surface area contributed by atoms with Crippen molar-refractivity contribution in [2.24, 2.45) is 4.99 Å². The molecule has 0 saturated carbocycles. The summed E-state index contributed by atoms with van der Waals surface area (Å²) in [5, 5.41) is 2.67. The highest BCUT2D eigenvalue weighted by molar-refractivity contribution is 6.13. The van der Waals surface area contributed by atoms with E-state index in [1.165, 1.54) is 14.0 Å². The zero-order chi connectivity index (χ0) is 19.4. The Morgan fingerprint density at radius 1 is 1.11 bits per heavy atom. The van der Waals surface area contributed by atoms with Gasteiger partial charge in [-0.3, -0.25) is 4.79 Å². The second kappa shape index (κ2) is 7.74. The summed E-state index contributed by atoms with van der Waals surface area (Å²) in [5.74, 6) is 0.535. The van der Waals surface area contributed by atoms with Crippen LogP contribution in [0.15, 0.2) is 53.2 Å². The number of hydrogen-bond donors (Lipinski definition) is 1. The third kappa shape index (κ3) is 3.98. The molecule has 3 rings (SSSR count). The minimum absolute atomic E-state index is 0.155. The molecule has 138 valence electrons. The predicted molar refractivity (Wildman–Crippen MR) is 101 cm³/mol. The van der Waals surface area contributed by atoms with Gasteiger partial charge < -0.3 is 19.5 Å². The van der Waals surface area contributed by atoms with Gasteiger partial charge in [0.2, 0.25) is 11.8 Å². The molecule has 0 bridgehead atoms. The molecule has 1 aliphatic rings. The summed E-state index contributed by atoms with van der Waals surface area (Å²) in [6.07, 6.45) is 1.59. The van der Waals surface area contributed by atoms with Crippen molar-refractivity contribution >= 4 is 29.5 Å². The lowest BCUT2D eigenvalue weighted by Crippen LogP contribution is -2.07. The number of benzene rings is 2. The summed E-state index contributed by atoms with van der Waals surface area (Å²) >= 11 is 0. The number of cyclic esters (lactones) is 1. The summed E-state index contributed by atoms with van der Waals surface area (Å²) < 4.78 is 15.9. The quantitative estimate of drug-likeness (QED) is 0.649. The van der Waals surface area contributed by atoms with Crippen LogP contribution in [0.2, 0.25) is 0 Å². The second-order valence-corrected chi connectivity index (χ2v) is 5.68. The van der Waals surface area contributed by atoms with E-state index in [0.29, 0.717) is 28.3 Å². The minimum atomic E-state index is -0.555. The van der Waals surface area contributed by atoms with Crippen molar-refractivity contribution in [2.75, 3.05) is 19.5 Å². The van der Waals surface area contributed by atoms with Gasteiger partial charge in [-0.2, -0.15) is 0 Å². The van der Waals surface area contributed by atoms with Gasteiger partial charge in [0.25, 0.3) is 0 Å². The molecule has 2 aromatic rings. The maximum Gasteiger partial charge on any atom is 0.363 e. The lowest BCUT2D eigenvalue weighted by Gasteiger charge is -2.09. The summed E-state index contributed by atoms with van der Waals surface area (Å²) in [6.45, 7) is 1.43. The molecule has 0 aliphatic carbocycles. The average molecular weight is 366 g/mol. The normalized spacial score (nSPS) is 14.6. The Labute approximate surface area is 156 Å². The Bertz CT molecular complexity index is 945. The van der Waals surface area contributed by atoms with Crippen molar-refractivity contribution in [3.63, 3.8) is 0 Å². The molecule has 7 nitrogen and oxygen atoms in total. The molecule has 0 saturated heterocycles. The van der Waals surface area contributed by atoms with E-state index < -0.39 is 5.97 Å². The molecule has 0 spiro atoms. The van der Waals surface area contributed by atoms with Gasteiger partial charge in [-0.1, -0.05) is 12.1 Å². The van der Waals surface area contributed by atoms with Crippen LogP contribution in [0.1, 0.15) is 18.1 Å². The summed E-state index contributed by atoms with van der Waals surface area (Å²) in [5.41, 5.74) is 2.07. The number of carbonyl (C=O) groups excluding carboxylic acids is 2. The van der Waals surface area contributed by atoms with E-state index >= 15 is 0 Å². The van der Waals surface area contributed by atoms with Crippen LogP contribution >= 0.6 is 0 Å². The number of nitrogens with zero attached hydrogens (tertiary/aromatic N) is 1. The van der Waals surface area contributed by atoms with E-state index in [0.717, 1.165) is 0 Å². The summed E-state index contributed by atoms with van der Waals surface area (Å²) in [4.78, 5) is 27.6. The van der Waals surface area contributed by atoms with Gasteiger partial charge in [0.15, 0.2) is 17.2 Å². The van der Waals surface area contributed by atoms with Crippen LogP contribution in [-0.2, 0) is 14.3 Å². The number of carbonyl (C=O) groups is 2. The van der Waals surface area contributed by atoms with Crippen LogP contribution in [0.4, 0.5) is 5.69 Å². The molecule has 2 aromatic carbocycles. The molecule has 1 amide bonds. The van der Waals surface area contributed by atoms with Crippen molar-refractivity contribution in [1.82, 2.24) is 0 Å². The molecule has 27 heavy (non-hydrogen) atoms. The lowest BCUT2D eigenvalue weighted by atomic mass is 10.1. The van der Waals surface area contributed by atoms with E-state index in [2.05, 4.69) is 10.3 Å². The first-order valence-corrected chi connectivity index (χ1v) is 8.13. The van der Waals surface area contributed by atoms with Crippen LogP contribution < -0.4 is 14.8 Å². The van der Waals surface area contributed by atoms with Gasteiger partial charge in [0, 0.05) is 23.7 Å². The molecule has 1 N–H and O–H groups in total. The van der Waals surface area contributed by atoms with Crippen molar-refractivity contribution in [3.05, 3.63) is 59.3 Å². The first-order chi connectivity index (χ1) is 13.0. The largest absolute Gasteiger partial charge is 0.493 e. The Hall–Kier alpha value is -3.61. The van der Waals surface area contributed by atoms with Crippen LogP contribution in [0.5, 0.6) is 11.5 Å². The number of aliphatic imine (C=N–C) groups is 1. The first kappa shape index (κ1) is 18.2. The number of methoxy groups -OCH3 is 2. The van der Waals surface area contributed by atoms with Gasteiger partial charge in [-0.25, -0.2) is 9.79 Å². The fourth-order valence-electron chi connectivity index (χ4n) is 2.60. The van der Waals surface area contributed by atoms with Crippen molar-refractivity contribution in [3.8, 4) is 11.5 Å². The number of amides is 1. The highest BCUT2D eigenvalue weighted by Gasteiger charge is 2.25. The standard InChI is InChI=1S/C20H18N2O5/c1-12(23)21-15-9-7-13(8-10-15)19-22-16(20(24)27-19)11-14-5-4-6-17(25-2)18(14)26-3/h4-11H,1-3H3,(H,21,23). The summed E-state index contributed by atoms with van der Waals surface area (Å²) in [6, 6.07) is 12.2. The maximum absolute atomic E-state index is 12.2. The fraction of sp³-hybridized carbons (Fsp3) is 0.150. The molecule has 7 heteroatoms. The molecule has 0 radical (unpaired) electrons. The number of nitrogens with one attached hydrogen (secondary N) is 1. The fourth-order valence-corrected chi connectivity index (χ4v) is 2.60. The van der Waals surface area contributed by atoms with Gasteiger partial charge in [-0.15, -0.1) is 0 Å². The molecular weight excluding hydrogens is 348 g/mol.